The molecule has 0 bridgehead atoms. The molecule has 0 aliphatic rings. The average Bonchev–Trinajstić information content (AvgIpc) is 2.90. The average molecular weight is 375 g/mol. The van der Waals surface area contributed by atoms with Crippen LogP contribution in [0.3, 0.4) is 0 Å². The fourth-order valence-corrected chi connectivity index (χ4v) is 5.12. The minimum absolute atomic E-state index is 0.246. The van der Waals surface area contributed by atoms with Gasteiger partial charge in [0.2, 0.25) is 0 Å². The fourth-order valence-electron chi connectivity index (χ4n) is 3.62. The molecule has 0 radical (unpaired) electrons. The Morgan fingerprint density at radius 3 is 2.19 bits per heavy atom. The van der Waals surface area contributed by atoms with Gasteiger partial charge in [0.1, 0.15) is 0 Å². The molecule has 1 rings (SSSR count). The lowest BCUT2D eigenvalue weighted by Gasteiger charge is -2.48. The van der Waals surface area contributed by atoms with Gasteiger partial charge in [-0.2, -0.15) is 0 Å². The Kier molecular flexibility index (Phi) is 8.47. The van der Waals surface area contributed by atoms with Crippen molar-refractivity contribution in [3.8, 4) is 0 Å². The molecule has 4 heteroatoms. The molecule has 1 N–H and O–H groups in total. The monoisotopic (exact) mass is 374 g/mol. The standard InChI is InChI=1S/C17H31BrN2S/c1-6-17(7-2,20(9-4)10-5)16(19-8-3)12-15-11-14(18)13-21-15/h11,13,16,19H,6-10,12H2,1-5H3. The topological polar surface area (TPSA) is 15.3 Å². The van der Waals surface area contributed by atoms with E-state index in [0.29, 0.717) is 6.04 Å². The van der Waals surface area contributed by atoms with Gasteiger partial charge in [0, 0.05) is 26.3 Å². The Morgan fingerprint density at radius 1 is 1.19 bits per heavy atom. The first-order valence-corrected chi connectivity index (χ1v) is 9.96. The summed E-state index contributed by atoms with van der Waals surface area (Å²) in [5.41, 5.74) is 0.246. The van der Waals surface area contributed by atoms with Crippen LogP contribution in [0.2, 0.25) is 0 Å². The SMILES string of the molecule is CCNC(Cc1cc(Br)cs1)C(CC)(CC)N(CC)CC. The Labute approximate surface area is 143 Å². The highest BCUT2D eigenvalue weighted by Gasteiger charge is 2.39. The lowest BCUT2D eigenvalue weighted by molar-refractivity contribution is 0.0501. The lowest BCUT2D eigenvalue weighted by Crippen LogP contribution is -2.61. The van der Waals surface area contributed by atoms with Gasteiger partial charge in [-0.3, -0.25) is 4.90 Å². The van der Waals surface area contributed by atoms with Crippen molar-refractivity contribution in [2.75, 3.05) is 19.6 Å². The van der Waals surface area contributed by atoms with Gasteiger partial charge in [0.15, 0.2) is 0 Å². The number of nitrogens with one attached hydrogen (secondary N) is 1. The molecule has 0 spiro atoms. The minimum Gasteiger partial charge on any atom is -0.312 e. The highest BCUT2D eigenvalue weighted by molar-refractivity contribution is 9.10. The summed E-state index contributed by atoms with van der Waals surface area (Å²) in [6, 6.07) is 2.77. The van der Waals surface area contributed by atoms with E-state index < -0.39 is 0 Å². The van der Waals surface area contributed by atoms with Crippen LogP contribution in [-0.2, 0) is 6.42 Å². The molecule has 0 aromatic carbocycles. The molecule has 122 valence electrons. The largest absolute Gasteiger partial charge is 0.312 e. The van der Waals surface area contributed by atoms with E-state index >= 15 is 0 Å². The quantitative estimate of drug-likeness (QED) is 0.624. The fraction of sp³-hybridized carbons (Fsp3) is 0.765. The van der Waals surface area contributed by atoms with E-state index in [1.54, 1.807) is 0 Å². The summed E-state index contributed by atoms with van der Waals surface area (Å²) in [4.78, 5) is 4.12. The smallest absolute Gasteiger partial charge is 0.0360 e. The molecule has 0 amide bonds. The van der Waals surface area contributed by atoms with Gasteiger partial charge in [-0.15, -0.1) is 11.3 Å². The third kappa shape index (κ3) is 4.54. The van der Waals surface area contributed by atoms with E-state index in [9.17, 15) is 0 Å². The van der Waals surface area contributed by atoms with Crippen LogP contribution < -0.4 is 5.32 Å². The molecular weight excluding hydrogens is 344 g/mol. The van der Waals surface area contributed by atoms with Gasteiger partial charge in [0.05, 0.1) is 0 Å². The molecule has 0 aliphatic heterocycles. The molecule has 2 nitrogen and oxygen atoms in total. The first kappa shape index (κ1) is 19.1. The van der Waals surface area contributed by atoms with E-state index in [1.165, 1.54) is 22.2 Å². The second-order valence-electron chi connectivity index (χ2n) is 5.53. The predicted molar refractivity (Wildman–Crippen MR) is 99.4 cm³/mol. The van der Waals surface area contributed by atoms with E-state index in [0.717, 1.165) is 26.1 Å². The summed E-state index contributed by atoms with van der Waals surface area (Å²) >= 11 is 5.44. The molecule has 1 heterocycles. The van der Waals surface area contributed by atoms with Crippen molar-refractivity contribution in [3.05, 3.63) is 20.8 Å². The van der Waals surface area contributed by atoms with Gasteiger partial charge in [0.25, 0.3) is 0 Å². The molecule has 0 saturated carbocycles. The number of hydrogen-bond acceptors (Lipinski definition) is 3. The second-order valence-corrected chi connectivity index (χ2v) is 7.44. The molecule has 1 atom stereocenters. The van der Waals surface area contributed by atoms with E-state index in [2.05, 4.69) is 72.2 Å². The minimum atomic E-state index is 0.246. The van der Waals surface area contributed by atoms with Crippen LogP contribution in [-0.4, -0.2) is 36.1 Å². The van der Waals surface area contributed by atoms with E-state index in [1.807, 2.05) is 11.3 Å². The summed E-state index contributed by atoms with van der Waals surface area (Å²) in [5, 5.41) is 5.97. The summed E-state index contributed by atoms with van der Waals surface area (Å²) in [5.74, 6) is 0. The zero-order valence-electron chi connectivity index (χ0n) is 14.2. The maximum atomic E-state index is 3.78. The van der Waals surface area contributed by atoms with Crippen molar-refractivity contribution in [2.45, 2.75) is 65.5 Å². The summed E-state index contributed by atoms with van der Waals surface area (Å²) in [7, 11) is 0. The molecule has 0 fully saturated rings. The number of halogens is 1. The van der Waals surface area contributed by atoms with Crippen molar-refractivity contribution in [3.63, 3.8) is 0 Å². The summed E-state index contributed by atoms with van der Waals surface area (Å²) in [6.07, 6.45) is 3.49. The van der Waals surface area contributed by atoms with Crippen molar-refractivity contribution < 1.29 is 0 Å². The van der Waals surface area contributed by atoms with E-state index in [-0.39, 0.29) is 5.54 Å². The Bertz CT molecular complexity index is 397. The number of rotatable bonds is 10. The zero-order chi connectivity index (χ0) is 15.9. The Hall–Kier alpha value is 0.1000. The molecule has 21 heavy (non-hydrogen) atoms. The van der Waals surface area contributed by atoms with Crippen LogP contribution in [0.4, 0.5) is 0 Å². The first-order valence-electron chi connectivity index (χ1n) is 8.29. The van der Waals surface area contributed by atoms with Crippen LogP contribution >= 0.6 is 27.3 Å². The number of nitrogens with zero attached hydrogens (tertiary/aromatic N) is 1. The first-order chi connectivity index (χ1) is 10.1. The van der Waals surface area contributed by atoms with Gasteiger partial charge in [-0.05, 0) is 60.9 Å². The second kappa shape index (κ2) is 9.29. The van der Waals surface area contributed by atoms with E-state index in [4.69, 9.17) is 0 Å². The van der Waals surface area contributed by atoms with Gasteiger partial charge in [-0.1, -0.05) is 34.6 Å². The third-order valence-electron chi connectivity index (χ3n) is 4.74. The van der Waals surface area contributed by atoms with Crippen molar-refractivity contribution in [1.29, 1.82) is 0 Å². The number of likely N-dealkylation sites (N-methyl/N-ethyl adjacent to an activating group) is 2. The van der Waals surface area contributed by atoms with Gasteiger partial charge < -0.3 is 5.32 Å². The Balaban J connectivity index is 3.06. The van der Waals surface area contributed by atoms with Gasteiger partial charge in [-0.25, -0.2) is 0 Å². The van der Waals surface area contributed by atoms with Crippen LogP contribution in [0, 0.1) is 0 Å². The predicted octanol–water partition coefficient (Wildman–Crippen LogP) is 4.93. The van der Waals surface area contributed by atoms with Crippen LogP contribution in [0.25, 0.3) is 0 Å². The molecule has 1 aromatic rings. The maximum absolute atomic E-state index is 3.78. The summed E-state index contributed by atoms with van der Waals surface area (Å²) < 4.78 is 1.21. The molecule has 0 saturated heterocycles. The van der Waals surface area contributed by atoms with Crippen LogP contribution in [0.1, 0.15) is 52.3 Å². The Morgan fingerprint density at radius 2 is 1.81 bits per heavy atom. The molecular formula is C17H31BrN2S. The van der Waals surface area contributed by atoms with Crippen molar-refractivity contribution in [2.24, 2.45) is 0 Å². The third-order valence-corrected chi connectivity index (χ3v) is 6.46. The van der Waals surface area contributed by atoms with Gasteiger partial charge >= 0.3 is 0 Å². The summed E-state index contributed by atoms with van der Waals surface area (Å²) in [6.45, 7) is 14.7. The normalized spacial score (nSPS) is 13.9. The van der Waals surface area contributed by atoms with Crippen LogP contribution in [0.15, 0.2) is 15.9 Å². The zero-order valence-corrected chi connectivity index (χ0v) is 16.6. The van der Waals surface area contributed by atoms with Crippen LogP contribution in [0.5, 0.6) is 0 Å². The highest BCUT2D eigenvalue weighted by Crippen LogP contribution is 2.32. The molecule has 0 aliphatic carbocycles. The molecule has 1 unspecified atom stereocenters. The highest BCUT2D eigenvalue weighted by atomic mass is 79.9. The number of hydrogen-bond donors (Lipinski definition) is 1. The lowest BCUT2D eigenvalue weighted by atomic mass is 9.80. The van der Waals surface area contributed by atoms with Crippen molar-refractivity contribution in [1.82, 2.24) is 10.2 Å². The van der Waals surface area contributed by atoms with Crippen molar-refractivity contribution >= 4 is 27.3 Å². The molecule has 1 aromatic heterocycles. The number of thiophene rings is 1. The maximum Gasteiger partial charge on any atom is 0.0360 e.